The molecule has 2 aromatic carbocycles. The highest BCUT2D eigenvalue weighted by Crippen LogP contribution is 2.30. The standard InChI is InChI=1S/C18H19NO4S2/c1-14-3-7-16(8-4-14)19(17-11-12-24(20,21)13-17)25(22,23)18-9-5-15(2)6-10-18/h3-12,17H,13H2,1-2H3/t17-/m1/s1. The molecule has 0 spiro atoms. The minimum absolute atomic E-state index is 0.136. The highest BCUT2D eigenvalue weighted by atomic mass is 32.2. The molecule has 0 N–H and O–H groups in total. The van der Waals surface area contributed by atoms with Gasteiger partial charge in [-0.25, -0.2) is 16.8 Å². The molecule has 0 saturated heterocycles. The molecule has 1 aliphatic heterocycles. The van der Waals surface area contributed by atoms with Crippen LogP contribution in [0.4, 0.5) is 5.69 Å². The topological polar surface area (TPSA) is 71.5 Å². The van der Waals surface area contributed by atoms with Gasteiger partial charge >= 0.3 is 0 Å². The van der Waals surface area contributed by atoms with Crippen molar-refractivity contribution in [3.8, 4) is 0 Å². The van der Waals surface area contributed by atoms with Crippen LogP contribution < -0.4 is 4.31 Å². The zero-order chi connectivity index (χ0) is 18.2. The first kappa shape index (κ1) is 17.7. The molecule has 1 heterocycles. The van der Waals surface area contributed by atoms with Crippen LogP contribution in [0, 0.1) is 13.8 Å². The molecule has 5 nitrogen and oxygen atoms in total. The van der Waals surface area contributed by atoms with E-state index in [4.69, 9.17) is 0 Å². The summed E-state index contributed by atoms with van der Waals surface area (Å²) in [5.41, 5.74) is 2.38. The highest BCUT2D eigenvalue weighted by Gasteiger charge is 2.35. The Balaban J connectivity index is 2.12. The number of benzene rings is 2. The molecule has 3 rings (SSSR count). The van der Waals surface area contributed by atoms with Crippen LogP contribution in [0.5, 0.6) is 0 Å². The van der Waals surface area contributed by atoms with Crippen molar-refractivity contribution >= 4 is 25.5 Å². The average molecular weight is 377 g/mol. The summed E-state index contributed by atoms with van der Waals surface area (Å²) < 4.78 is 51.3. The number of anilines is 1. The fourth-order valence-electron chi connectivity index (χ4n) is 2.73. The zero-order valence-corrected chi connectivity index (χ0v) is 15.6. The van der Waals surface area contributed by atoms with Gasteiger partial charge < -0.3 is 0 Å². The molecule has 0 aromatic heterocycles. The van der Waals surface area contributed by atoms with Crippen LogP contribution in [0.25, 0.3) is 0 Å². The van der Waals surface area contributed by atoms with Crippen molar-refractivity contribution in [1.82, 2.24) is 0 Å². The zero-order valence-electron chi connectivity index (χ0n) is 14.0. The lowest BCUT2D eigenvalue weighted by Gasteiger charge is -2.29. The van der Waals surface area contributed by atoms with Crippen molar-refractivity contribution in [2.75, 3.05) is 10.1 Å². The first-order valence-corrected chi connectivity index (χ1v) is 10.9. The number of rotatable bonds is 4. The van der Waals surface area contributed by atoms with E-state index >= 15 is 0 Å². The molecule has 0 fully saturated rings. The van der Waals surface area contributed by atoms with E-state index < -0.39 is 25.9 Å². The van der Waals surface area contributed by atoms with Crippen LogP contribution in [-0.2, 0) is 19.9 Å². The molecule has 25 heavy (non-hydrogen) atoms. The van der Waals surface area contributed by atoms with Crippen LogP contribution in [0.3, 0.4) is 0 Å². The molecule has 0 aliphatic carbocycles. The van der Waals surface area contributed by atoms with E-state index in [1.54, 1.807) is 48.5 Å². The molecule has 2 aromatic rings. The smallest absolute Gasteiger partial charge is 0.258 e. The number of sulfone groups is 1. The van der Waals surface area contributed by atoms with E-state index in [1.807, 2.05) is 13.8 Å². The summed E-state index contributed by atoms with van der Waals surface area (Å²) in [7, 11) is -7.29. The van der Waals surface area contributed by atoms with E-state index in [0.717, 1.165) is 16.5 Å². The van der Waals surface area contributed by atoms with Crippen LogP contribution in [0.1, 0.15) is 11.1 Å². The lowest BCUT2D eigenvalue weighted by Crippen LogP contribution is -2.41. The maximum absolute atomic E-state index is 13.2. The summed E-state index contributed by atoms with van der Waals surface area (Å²) in [5.74, 6) is -0.258. The van der Waals surface area contributed by atoms with Gasteiger partial charge in [-0.15, -0.1) is 0 Å². The van der Waals surface area contributed by atoms with Crippen molar-refractivity contribution in [3.63, 3.8) is 0 Å². The average Bonchev–Trinajstić information content (AvgIpc) is 2.89. The molecule has 1 atom stereocenters. The lowest BCUT2D eigenvalue weighted by molar-refractivity contribution is 0.586. The molecule has 0 saturated carbocycles. The van der Waals surface area contributed by atoms with E-state index in [1.165, 1.54) is 10.4 Å². The van der Waals surface area contributed by atoms with Crippen molar-refractivity contribution in [1.29, 1.82) is 0 Å². The van der Waals surface area contributed by atoms with E-state index in [9.17, 15) is 16.8 Å². The number of hydrogen-bond acceptors (Lipinski definition) is 4. The van der Waals surface area contributed by atoms with Crippen molar-refractivity contribution in [3.05, 3.63) is 71.1 Å². The molecular weight excluding hydrogens is 358 g/mol. The molecule has 0 bridgehead atoms. The molecule has 0 unspecified atom stereocenters. The monoisotopic (exact) mass is 377 g/mol. The summed E-state index contributed by atoms with van der Waals surface area (Å²) in [4.78, 5) is 0.136. The minimum atomic E-state index is -3.90. The van der Waals surface area contributed by atoms with Crippen LogP contribution in [-0.4, -0.2) is 28.6 Å². The number of aryl methyl sites for hydroxylation is 2. The fraction of sp³-hybridized carbons (Fsp3) is 0.222. The number of sulfonamides is 1. The SMILES string of the molecule is Cc1ccc(N([C@@H]2C=CS(=O)(=O)C2)S(=O)(=O)c2ccc(C)cc2)cc1. The van der Waals surface area contributed by atoms with Crippen molar-refractivity contribution < 1.29 is 16.8 Å². The van der Waals surface area contributed by atoms with E-state index in [-0.39, 0.29) is 10.6 Å². The van der Waals surface area contributed by atoms with Gasteiger partial charge in [0.1, 0.15) is 0 Å². The van der Waals surface area contributed by atoms with Gasteiger partial charge in [-0.2, -0.15) is 0 Å². The number of hydrogen-bond donors (Lipinski definition) is 0. The second-order valence-corrected chi connectivity index (χ2v) is 9.92. The van der Waals surface area contributed by atoms with Gasteiger partial charge in [0.15, 0.2) is 9.84 Å². The van der Waals surface area contributed by atoms with E-state index in [0.29, 0.717) is 5.69 Å². The maximum Gasteiger partial charge on any atom is 0.264 e. The Bertz CT molecular complexity index is 1010. The molecule has 0 radical (unpaired) electrons. The third-order valence-corrected chi connectivity index (χ3v) is 7.32. The Kier molecular flexibility index (Phi) is 4.47. The summed E-state index contributed by atoms with van der Waals surface area (Å²) in [6.45, 7) is 3.78. The number of nitrogens with zero attached hydrogens (tertiary/aromatic N) is 1. The predicted octanol–water partition coefficient (Wildman–Crippen LogP) is 2.81. The Morgan fingerprint density at radius 2 is 1.44 bits per heavy atom. The quantitative estimate of drug-likeness (QED) is 0.821. The van der Waals surface area contributed by atoms with E-state index in [2.05, 4.69) is 0 Å². The Morgan fingerprint density at radius 1 is 0.920 bits per heavy atom. The fourth-order valence-corrected chi connectivity index (χ4v) is 5.70. The second-order valence-electron chi connectivity index (χ2n) is 6.17. The maximum atomic E-state index is 13.2. The Hall–Kier alpha value is -2.12. The Morgan fingerprint density at radius 3 is 1.92 bits per heavy atom. The van der Waals surface area contributed by atoms with Gasteiger partial charge in [0.05, 0.1) is 22.4 Å². The lowest BCUT2D eigenvalue weighted by atomic mass is 10.2. The van der Waals surface area contributed by atoms with Gasteiger partial charge in [0, 0.05) is 5.41 Å². The molecular formula is C18H19NO4S2. The molecule has 1 aliphatic rings. The summed E-state index contributed by atoms with van der Waals surface area (Å²) in [6.07, 6.45) is 1.43. The summed E-state index contributed by atoms with van der Waals surface area (Å²) in [5, 5.41) is 1.09. The van der Waals surface area contributed by atoms with Crippen LogP contribution in [0.2, 0.25) is 0 Å². The van der Waals surface area contributed by atoms with Gasteiger partial charge in [0.2, 0.25) is 0 Å². The highest BCUT2D eigenvalue weighted by molar-refractivity contribution is 7.95. The predicted molar refractivity (Wildman–Crippen MR) is 98.7 cm³/mol. The van der Waals surface area contributed by atoms with Gasteiger partial charge in [-0.05, 0) is 44.2 Å². The second kappa shape index (κ2) is 6.31. The van der Waals surface area contributed by atoms with Gasteiger partial charge in [-0.1, -0.05) is 35.4 Å². The normalized spacial score (nSPS) is 19.0. The Labute approximate surface area is 148 Å². The first-order valence-electron chi connectivity index (χ1n) is 7.78. The molecule has 132 valence electrons. The summed E-state index contributed by atoms with van der Waals surface area (Å²) in [6, 6.07) is 12.8. The third-order valence-electron chi connectivity index (χ3n) is 4.08. The summed E-state index contributed by atoms with van der Waals surface area (Å²) >= 11 is 0. The van der Waals surface area contributed by atoms with Crippen molar-refractivity contribution in [2.24, 2.45) is 0 Å². The molecule has 0 amide bonds. The molecule has 7 heteroatoms. The minimum Gasteiger partial charge on any atom is -0.258 e. The van der Waals surface area contributed by atoms with Gasteiger partial charge in [0.25, 0.3) is 10.0 Å². The van der Waals surface area contributed by atoms with Crippen LogP contribution in [0.15, 0.2) is 64.9 Å². The van der Waals surface area contributed by atoms with Crippen molar-refractivity contribution in [2.45, 2.75) is 24.8 Å². The third kappa shape index (κ3) is 3.62. The largest absolute Gasteiger partial charge is 0.264 e. The van der Waals surface area contributed by atoms with Crippen LogP contribution >= 0.6 is 0 Å². The first-order chi connectivity index (χ1) is 11.7. The van der Waals surface area contributed by atoms with Gasteiger partial charge in [-0.3, -0.25) is 4.31 Å².